The Balaban J connectivity index is 2.02. The topological polar surface area (TPSA) is 38.7 Å². The average molecular weight is 229 g/mol. The minimum absolute atomic E-state index is 0.0360. The molecule has 87 valence electrons. The molecule has 3 nitrogen and oxygen atoms in total. The minimum Gasteiger partial charge on any atom is -0.501 e. The first-order valence-corrected chi connectivity index (χ1v) is 5.25. The maximum atomic E-state index is 9.34. The molecule has 1 aliphatic carbocycles. The van der Waals surface area contributed by atoms with Crippen LogP contribution in [0.4, 0.5) is 0 Å². The Bertz CT molecular complexity index is 468. The van der Waals surface area contributed by atoms with Gasteiger partial charge in [0.15, 0.2) is 11.9 Å². The third kappa shape index (κ3) is 3.00. The molecule has 1 aromatic carbocycles. The van der Waals surface area contributed by atoms with Gasteiger partial charge in [0.05, 0.1) is 0 Å². The molecule has 0 aromatic heterocycles. The summed E-state index contributed by atoms with van der Waals surface area (Å²) in [7, 11) is 1.55. The molecule has 1 aliphatic rings. The van der Waals surface area contributed by atoms with Gasteiger partial charge in [-0.05, 0) is 5.56 Å². The first-order valence-electron chi connectivity index (χ1n) is 5.25. The maximum absolute atomic E-state index is 9.34. The summed E-state index contributed by atoms with van der Waals surface area (Å²) in [6.45, 7) is 0.431. The van der Waals surface area contributed by atoms with Gasteiger partial charge in [-0.3, -0.25) is 0 Å². The Morgan fingerprint density at radius 1 is 1.24 bits per heavy atom. The van der Waals surface area contributed by atoms with Crippen LogP contribution < -0.4 is 0 Å². The van der Waals surface area contributed by atoms with E-state index in [4.69, 9.17) is 9.47 Å². The van der Waals surface area contributed by atoms with Gasteiger partial charge in [0, 0.05) is 19.3 Å². The van der Waals surface area contributed by atoms with Gasteiger partial charge >= 0.3 is 0 Å². The highest BCUT2D eigenvalue weighted by molar-refractivity contribution is 5.34. The van der Waals surface area contributed by atoms with Crippen LogP contribution in [0.5, 0.6) is 0 Å². The number of benzene rings is 1. The van der Waals surface area contributed by atoms with Crippen LogP contribution in [0.1, 0.15) is 5.56 Å². The lowest BCUT2D eigenvalue weighted by Gasteiger charge is -2.16. The van der Waals surface area contributed by atoms with Crippen molar-refractivity contribution in [3.05, 3.63) is 71.4 Å². The van der Waals surface area contributed by atoms with Gasteiger partial charge in [-0.2, -0.15) is 0 Å². The van der Waals surface area contributed by atoms with Gasteiger partial charge in [0.2, 0.25) is 0 Å². The molecule has 0 heterocycles. The smallest absolute Gasteiger partial charge is 0.190 e. The van der Waals surface area contributed by atoms with Crippen LogP contribution in [-0.2, 0) is 16.1 Å². The summed E-state index contributed by atoms with van der Waals surface area (Å²) in [5.74, 6) is 0.543. The molecule has 17 heavy (non-hydrogen) atoms. The first kappa shape index (κ1) is 11.5. The Morgan fingerprint density at radius 3 is 2.71 bits per heavy atom. The molecule has 0 fully saturated rings. The predicted octanol–water partition coefficient (Wildman–Crippen LogP) is 2.88. The third-order valence-corrected chi connectivity index (χ3v) is 2.32. The highest BCUT2D eigenvalue weighted by atomic mass is 16.5. The largest absolute Gasteiger partial charge is 0.501 e. The monoisotopic (exact) mass is 229 g/mol. The van der Waals surface area contributed by atoms with Gasteiger partial charge in [0.1, 0.15) is 12.4 Å². The van der Waals surface area contributed by atoms with Crippen LogP contribution in [0.15, 0.2) is 59.7 Å². The zero-order valence-electron chi connectivity index (χ0n) is 9.51. The average Bonchev–Trinajstić information content (AvgIpc) is 2.38. The van der Waals surface area contributed by atoms with E-state index in [0.717, 1.165) is 5.56 Å². The molecule has 0 bridgehead atoms. The lowest BCUT2D eigenvalue weighted by atomic mass is 10.2. The number of methoxy groups -OCH3 is 1. The molecule has 0 spiro atoms. The van der Waals surface area contributed by atoms with Crippen LogP contribution in [0.2, 0.25) is 0 Å². The molecule has 2 rings (SSSR count). The molecule has 0 amide bonds. The fourth-order valence-corrected chi connectivity index (χ4v) is 1.46. The second-order valence-electron chi connectivity index (χ2n) is 3.53. The van der Waals surface area contributed by atoms with Gasteiger partial charge in [-0.1, -0.05) is 36.1 Å². The highest BCUT2D eigenvalue weighted by Gasteiger charge is 2.17. The van der Waals surface area contributed by atoms with E-state index in [-0.39, 0.29) is 5.76 Å². The Hall–Kier alpha value is -1.96. The van der Waals surface area contributed by atoms with Gasteiger partial charge in [-0.15, -0.1) is 0 Å². The molecular weight excluding hydrogens is 216 g/mol. The highest BCUT2D eigenvalue weighted by Crippen LogP contribution is 2.23. The molecule has 1 aromatic rings. The van der Waals surface area contributed by atoms with E-state index in [9.17, 15) is 5.11 Å². The van der Waals surface area contributed by atoms with E-state index in [0.29, 0.717) is 18.5 Å². The number of hydrogen-bond acceptors (Lipinski definition) is 3. The van der Waals surface area contributed by atoms with Gasteiger partial charge in [0.25, 0.3) is 0 Å². The van der Waals surface area contributed by atoms with Crippen molar-refractivity contribution in [3.8, 4) is 0 Å². The molecule has 0 saturated heterocycles. The summed E-state index contributed by atoms with van der Waals surface area (Å²) in [4.78, 5) is 0. The van der Waals surface area contributed by atoms with Crippen molar-refractivity contribution in [2.45, 2.75) is 6.61 Å². The number of aliphatic hydroxyl groups is 1. The summed E-state index contributed by atoms with van der Waals surface area (Å²) in [6, 6.07) is 9.80. The van der Waals surface area contributed by atoms with Crippen molar-refractivity contribution in [2.24, 2.45) is 0 Å². The zero-order valence-corrected chi connectivity index (χ0v) is 9.51. The second kappa shape index (κ2) is 5.39. The lowest BCUT2D eigenvalue weighted by molar-refractivity contribution is 0.137. The molecule has 1 radical (unpaired) electrons. The zero-order chi connectivity index (χ0) is 12.1. The molecule has 0 atom stereocenters. The summed E-state index contributed by atoms with van der Waals surface area (Å²) < 4.78 is 10.7. The Morgan fingerprint density at radius 2 is 2.00 bits per heavy atom. The number of ether oxygens (including phenoxy) is 2. The van der Waals surface area contributed by atoms with Crippen molar-refractivity contribution in [1.82, 2.24) is 0 Å². The molecule has 3 heteroatoms. The SMILES string of the molecule is CO[C]1C=C=C(O)C=C1OCc1ccccc1. The van der Waals surface area contributed by atoms with E-state index in [2.05, 4.69) is 5.73 Å². The number of hydrogen-bond donors (Lipinski definition) is 1. The number of rotatable bonds is 4. The van der Waals surface area contributed by atoms with E-state index < -0.39 is 0 Å². The van der Waals surface area contributed by atoms with Crippen molar-refractivity contribution in [3.63, 3.8) is 0 Å². The van der Waals surface area contributed by atoms with Crippen molar-refractivity contribution < 1.29 is 14.6 Å². The van der Waals surface area contributed by atoms with Crippen LogP contribution >= 0.6 is 0 Å². The third-order valence-electron chi connectivity index (χ3n) is 2.32. The molecule has 0 aliphatic heterocycles. The maximum Gasteiger partial charge on any atom is 0.190 e. The Labute approximate surface area is 100 Å². The molecule has 1 N–H and O–H groups in total. The van der Waals surface area contributed by atoms with Crippen LogP contribution in [-0.4, -0.2) is 12.2 Å². The second-order valence-corrected chi connectivity index (χ2v) is 3.53. The predicted molar refractivity (Wildman–Crippen MR) is 63.8 cm³/mol. The standard InChI is InChI=1S/C14H13O3/c1-16-13-8-7-12(15)9-14(13)17-10-11-5-3-2-4-6-11/h2-6,8-9,15H,10H2,1H3. The van der Waals surface area contributed by atoms with E-state index in [1.54, 1.807) is 13.2 Å². The summed E-state index contributed by atoms with van der Waals surface area (Å²) >= 11 is 0. The molecule has 0 unspecified atom stereocenters. The van der Waals surface area contributed by atoms with Crippen molar-refractivity contribution >= 4 is 0 Å². The fourth-order valence-electron chi connectivity index (χ4n) is 1.46. The van der Waals surface area contributed by atoms with E-state index in [1.165, 1.54) is 6.08 Å². The van der Waals surface area contributed by atoms with Crippen LogP contribution in [0, 0.1) is 6.10 Å². The van der Waals surface area contributed by atoms with E-state index in [1.807, 2.05) is 30.3 Å². The first-order chi connectivity index (χ1) is 8.29. The lowest BCUT2D eigenvalue weighted by Crippen LogP contribution is -2.07. The fraction of sp³-hybridized carbons (Fsp3) is 0.143. The molecular formula is C14H13O3. The van der Waals surface area contributed by atoms with Crippen LogP contribution in [0.3, 0.4) is 0 Å². The van der Waals surface area contributed by atoms with Crippen molar-refractivity contribution in [2.75, 3.05) is 7.11 Å². The van der Waals surface area contributed by atoms with Crippen LogP contribution in [0.25, 0.3) is 0 Å². The molecule has 0 saturated carbocycles. The quantitative estimate of drug-likeness (QED) is 0.807. The summed E-state index contributed by atoms with van der Waals surface area (Å²) in [5, 5.41) is 9.34. The van der Waals surface area contributed by atoms with Crippen molar-refractivity contribution in [1.29, 1.82) is 0 Å². The van der Waals surface area contributed by atoms with Gasteiger partial charge in [-0.25, -0.2) is 0 Å². The minimum atomic E-state index is 0.0360. The summed E-state index contributed by atoms with van der Waals surface area (Å²) in [6.07, 6.45) is 3.59. The number of aliphatic hydroxyl groups excluding tert-OH is 1. The van der Waals surface area contributed by atoms with E-state index >= 15 is 0 Å². The summed E-state index contributed by atoms with van der Waals surface area (Å²) in [5.41, 5.74) is 3.70. The van der Waals surface area contributed by atoms with Gasteiger partial charge < -0.3 is 14.6 Å². The normalized spacial score (nSPS) is 15.4. The Kier molecular flexibility index (Phi) is 3.66.